The highest BCUT2D eigenvalue weighted by molar-refractivity contribution is 5.90. The van der Waals surface area contributed by atoms with Crippen molar-refractivity contribution in [2.24, 2.45) is 0 Å². The molecule has 4 aromatic rings. The molecule has 0 saturated carbocycles. The first kappa shape index (κ1) is 37.4. The molecular formula is C30H29ClF6N8O3. The third-order valence-electron chi connectivity index (χ3n) is 6.28. The maximum Gasteiger partial charge on any atom is 0.329 e. The molecule has 2 saturated heterocycles. The van der Waals surface area contributed by atoms with Crippen molar-refractivity contribution in [1.29, 1.82) is 0 Å². The molecule has 2 aliphatic heterocycles. The predicted octanol–water partition coefficient (Wildman–Crippen LogP) is 4.94. The smallest absolute Gasteiger partial charge is 0.329 e. The number of rotatable bonds is 6. The van der Waals surface area contributed by atoms with Gasteiger partial charge in [0.15, 0.2) is 11.6 Å². The van der Waals surface area contributed by atoms with Crippen LogP contribution in [-0.2, 0) is 9.59 Å². The zero-order valence-corrected chi connectivity index (χ0v) is 26.1. The molecule has 0 unspecified atom stereocenters. The van der Waals surface area contributed by atoms with Gasteiger partial charge in [0, 0.05) is 35.7 Å². The fourth-order valence-corrected chi connectivity index (χ4v) is 4.06. The summed E-state index contributed by atoms with van der Waals surface area (Å²) < 4.78 is 77.5. The molecule has 0 aliphatic carbocycles. The van der Waals surface area contributed by atoms with Crippen LogP contribution in [0.4, 0.5) is 26.3 Å². The summed E-state index contributed by atoms with van der Waals surface area (Å²) in [5.74, 6) is -6.88. The van der Waals surface area contributed by atoms with Crippen molar-refractivity contribution < 1.29 is 41.0 Å². The van der Waals surface area contributed by atoms with E-state index in [0.717, 1.165) is 28.2 Å². The molecule has 0 spiro atoms. The molecule has 1 amide bonds. The summed E-state index contributed by atoms with van der Waals surface area (Å²) in [4.78, 5) is 31.0. The fourth-order valence-electron chi connectivity index (χ4n) is 4.06. The van der Waals surface area contributed by atoms with Crippen LogP contribution < -0.4 is 5.32 Å². The van der Waals surface area contributed by atoms with Gasteiger partial charge in [-0.3, -0.25) is 4.79 Å². The summed E-state index contributed by atoms with van der Waals surface area (Å²) in [7, 11) is 0. The maximum atomic E-state index is 13.4. The van der Waals surface area contributed by atoms with Crippen LogP contribution in [0.25, 0.3) is 35.2 Å². The molecule has 0 atom stereocenters. The minimum Gasteiger partial charge on any atom is -0.478 e. The Kier molecular flexibility index (Phi) is 12.2. The van der Waals surface area contributed by atoms with Gasteiger partial charge in [-0.25, -0.2) is 50.5 Å². The standard InChI is InChI=1S/C15H13F3N4O.C12H10FN3O2.C3H5F2N.ClH/c1-10-4-11(6-12(16)5-10)14-19-9-22(20-14)3-2-13(23)21-7-15(17,18)8-21;1-8-4-9(6-10(13)5-8)12-14-7-16(15-12)3-2-11(17)18;4-3(5)1-6-2-3;/h2-6,9H,7-8H2,1H3;2-7H,1H3,(H,17,18);6H,1-2H2;1H/b2*3-2-;;. The highest BCUT2D eigenvalue weighted by Gasteiger charge is 2.45. The number of alkyl halides is 4. The Morgan fingerprint density at radius 3 is 1.56 bits per heavy atom. The Labute approximate surface area is 276 Å². The van der Waals surface area contributed by atoms with Crippen LogP contribution in [0.3, 0.4) is 0 Å². The van der Waals surface area contributed by atoms with Crippen molar-refractivity contribution in [2.45, 2.75) is 25.7 Å². The number of carboxylic acids is 1. The summed E-state index contributed by atoms with van der Waals surface area (Å²) in [6, 6.07) is 8.92. The van der Waals surface area contributed by atoms with Crippen molar-refractivity contribution >= 4 is 36.7 Å². The molecule has 2 aromatic carbocycles. The first-order valence-corrected chi connectivity index (χ1v) is 13.8. The molecule has 2 aliphatic rings. The van der Waals surface area contributed by atoms with Crippen molar-refractivity contribution in [2.75, 3.05) is 26.2 Å². The van der Waals surface area contributed by atoms with Crippen molar-refractivity contribution in [3.05, 3.63) is 84.0 Å². The number of carbonyl (C=O) groups is 2. The second kappa shape index (κ2) is 15.7. The highest BCUT2D eigenvalue weighted by atomic mass is 35.5. The van der Waals surface area contributed by atoms with E-state index in [0.29, 0.717) is 22.8 Å². The molecule has 2 aromatic heterocycles. The highest BCUT2D eigenvalue weighted by Crippen LogP contribution is 2.26. The number of nitrogens with one attached hydrogen (secondary N) is 1. The minimum atomic E-state index is -2.79. The first-order valence-electron chi connectivity index (χ1n) is 13.8. The van der Waals surface area contributed by atoms with Gasteiger partial charge in [0.25, 0.3) is 11.8 Å². The van der Waals surface area contributed by atoms with E-state index in [-0.39, 0.29) is 37.1 Å². The molecule has 2 N–H and O–H groups in total. The van der Waals surface area contributed by atoms with E-state index in [1.807, 2.05) is 0 Å². The number of likely N-dealkylation sites (tertiary alicyclic amines) is 1. The second-order valence-electron chi connectivity index (χ2n) is 10.6. The molecule has 0 radical (unpaired) electrons. The normalized spacial score (nSPS) is 15.7. The Morgan fingerprint density at radius 2 is 1.21 bits per heavy atom. The van der Waals surface area contributed by atoms with Gasteiger partial charge in [-0.05, 0) is 61.4 Å². The molecule has 11 nitrogen and oxygen atoms in total. The molecule has 18 heteroatoms. The Morgan fingerprint density at radius 1 is 0.771 bits per heavy atom. The number of aromatic nitrogens is 6. The summed E-state index contributed by atoms with van der Waals surface area (Å²) >= 11 is 0. The van der Waals surface area contributed by atoms with E-state index in [1.54, 1.807) is 26.0 Å². The van der Waals surface area contributed by atoms with Crippen molar-refractivity contribution in [1.82, 2.24) is 39.7 Å². The van der Waals surface area contributed by atoms with Crippen LogP contribution in [0.2, 0.25) is 0 Å². The number of nitrogens with zero attached hydrogens (tertiary/aromatic N) is 7. The topological polar surface area (TPSA) is 131 Å². The Bertz CT molecular complexity index is 1760. The largest absolute Gasteiger partial charge is 0.478 e. The van der Waals surface area contributed by atoms with Crippen LogP contribution in [0.1, 0.15) is 11.1 Å². The zero-order valence-electron chi connectivity index (χ0n) is 25.3. The second-order valence-corrected chi connectivity index (χ2v) is 10.6. The van der Waals surface area contributed by atoms with Crippen LogP contribution in [-0.4, -0.2) is 89.4 Å². The van der Waals surface area contributed by atoms with Crippen molar-refractivity contribution in [3.8, 4) is 22.8 Å². The van der Waals surface area contributed by atoms with Crippen LogP contribution in [0, 0.1) is 25.5 Å². The van der Waals surface area contributed by atoms with Gasteiger partial charge in [0.1, 0.15) is 24.3 Å². The van der Waals surface area contributed by atoms with Crippen LogP contribution >= 0.6 is 12.4 Å². The molecule has 0 bridgehead atoms. The number of aryl methyl sites for hydroxylation is 2. The molecule has 4 heterocycles. The van der Waals surface area contributed by atoms with Gasteiger partial charge >= 0.3 is 5.97 Å². The van der Waals surface area contributed by atoms with Crippen molar-refractivity contribution in [3.63, 3.8) is 0 Å². The maximum absolute atomic E-state index is 13.4. The number of halogens is 7. The molecule has 256 valence electrons. The number of hydrogen-bond acceptors (Lipinski definition) is 7. The lowest BCUT2D eigenvalue weighted by atomic mass is 10.1. The summed E-state index contributed by atoms with van der Waals surface area (Å²) in [6.07, 6.45) is 7.37. The molecule has 6 rings (SSSR count). The summed E-state index contributed by atoms with van der Waals surface area (Å²) in [5, 5.41) is 19.0. The Hall–Kier alpha value is -5.03. The van der Waals surface area contributed by atoms with E-state index in [2.05, 4.69) is 25.5 Å². The van der Waals surface area contributed by atoms with E-state index >= 15 is 0 Å². The quantitative estimate of drug-likeness (QED) is 0.214. The minimum absolute atomic E-state index is 0. The average Bonchev–Trinajstić information content (AvgIpc) is 3.63. The lowest BCUT2D eigenvalue weighted by Crippen LogP contribution is -2.58. The van der Waals surface area contributed by atoms with Gasteiger partial charge in [-0.1, -0.05) is 0 Å². The van der Waals surface area contributed by atoms with Gasteiger partial charge in [-0.15, -0.1) is 22.6 Å². The SMILES string of the molecule is Cc1cc(F)cc(-c2ncn(/C=C\C(=O)N3CC(F)(F)C3)n2)c1.Cc1cc(F)cc(-c2ncn(/C=C\C(=O)O)n2)c1.Cl.FC1(F)CNC1. The van der Waals surface area contributed by atoms with E-state index in [1.165, 1.54) is 58.7 Å². The fraction of sp³-hybridized carbons (Fsp3) is 0.267. The number of carboxylic acid groups (broad SMARTS) is 1. The molecule has 48 heavy (non-hydrogen) atoms. The van der Waals surface area contributed by atoms with Gasteiger partial charge in [0.05, 0.1) is 26.2 Å². The summed E-state index contributed by atoms with van der Waals surface area (Å²) in [5.41, 5.74) is 2.57. The van der Waals surface area contributed by atoms with Crippen LogP contribution in [0.15, 0.2) is 61.2 Å². The zero-order chi connectivity index (χ0) is 34.4. The predicted molar refractivity (Wildman–Crippen MR) is 165 cm³/mol. The third kappa shape index (κ3) is 11.0. The monoisotopic (exact) mass is 698 g/mol. The number of carbonyl (C=O) groups excluding carboxylic acids is 1. The first-order chi connectivity index (χ1) is 22.1. The van der Waals surface area contributed by atoms with E-state index in [4.69, 9.17) is 5.11 Å². The average molecular weight is 699 g/mol. The van der Waals surface area contributed by atoms with Gasteiger partial charge in [0.2, 0.25) is 5.91 Å². The number of amides is 1. The lowest BCUT2D eigenvalue weighted by Gasteiger charge is -2.37. The van der Waals surface area contributed by atoms with Gasteiger partial charge in [-0.2, -0.15) is 0 Å². The lowest BCUT2D eigenvalue weighted by molar-refractivity contribution is -0.160. The van der Waals surface area contributed by atoms with Gasteiger partial charge < -0.3 is 15.3 Å². The third-order valence-corrected chi connectivity index (χ3v) is 6.28. The van der Waals surface area contributed by atoms with Crippen LogP contribution in [0.5, 0.6) is 0 Å². The number of benzene rings is 2. The Balaban J connectivity index is 0.000000222. The number of aliphatic carboxylic acids is 1. The summed E-state index contributed by atoms with van der Waals surface area (Å²) in [6.45, 7) is 2.13. The van der Waals surface area contributed by atoms with E-state index in [9.17, 15) is 35.9 Å². The molecular weight excluding hydrogens is 670 g/mol. The van der Waals surface area contributed by atoms with E-state index < -0.39 is 36.8 Å². The number of hydrogen-bond donors (Lipinski definition) is 2. The molecule has 2 fully saturated rings.